The Bertz CT molecular complexity index is 697. The van der Waals surface area contributed by atoms with Crippen LogP contribution < -0.4 is 4.72 Å². The molecule has 0 fully saturated rings. The molecule has 2 N–H and O–H groups in total. The molecule has 0 saturated carbocycles. The van der Waals surface area contributed by atoms with Crippen LogP contribution in [0.1, 0.15) is 31.3 Å². The zero-order valence-electron chi connectivity index (χ0n) is 11.2. The lowest BCUT2D eigenvalue weighted by molar-refractivity contribution is 0.561. The standard InChI is InChI=1S/C13H16FN3O2S/c1-3-12-15-8-13(16-12)20(18,19)17-9(2)10-5-4-6-11(14)7-10/h4-9,17H,3H2,1-2H3,(H,15,16). The summed E-state index contributed by atoms with van der Waals surface area (Å²) in [6.45, 7) is 3.53. The summed E-state index contributed by atoms with van der Waals surface area (Å²) in [7, 11) is -3.70. The van der Waals surface area contributed by atoms with E-state index in [0.29, 0.717) is 17.8 Å². The maximum Gasteiger partial charge on any atom is 0.258 e. The Hall–Kier alpha value is -1.73. The van der Waals surface area contributed by atoms with Crippen LogP contribution in [-0.2, 0) is 16.4 Å². The van der Waals surface area contributed by atoms with Gasteiger partial charge in [-0.15, -0.1) is 0 Å². The number of aromatic nitrogens is 2. The van der Waals surface area contributed by atoms with Gasteiger partial charge in [-0.25, -0.2) is 22.5 Å². The lowest BCUT2D eigenvalue weighted by Gasteiger charge is -2.13. The molecule has 108 valence electrons. The quantitative estimate of drug-likeness (QED) is 0.888. The fourth-order valence-corrected chi connectivity index (χ4v) is 2.97. The molecule has 0 aliphatic carbocycles. The van der Waals surface area contributed by atoms with E-state index in [2.05, 4.69) is 14.7 Å². The van der Waals surface area contributed by atoms with Gasteiger partial charge in [-0.1, -0.05) is 19.1 Å². The van der Waals surface area contributed by atoms with Crippen molar-refractivity contribution in [1.82, 2.24) is 14.7 Å². The van der Waals surface area contributed by atoms with E-state index in [1.165, 1.54) is 18.3 Å². The summed E-state index contributed by atoms with van der Waals surface area (Å²) in [6.07, 6.45) is 1.90. The van der Waals surface area contributed by atoms with Crippen molar-refractivity contribution in [3.63, 3.8) is 0 Å². The van der Waals surface area contributed by atoms with Gasteiger partial charge >= 0.3 is 0 Å². The third-order valence-corrected chi connectivity index (χ3v) is 4.36. The normalized spacial score (nSPS) is 13.3. The fourth-order valence-electron chi connectivity index (χ4n) is 1.80. The van der Waals surface area contributed by atoms with Gasteiger partial charge in [0.15, 0.2) is 5.03 Å². The Morgan fingerprint density at radius 3 is 2.80 bits per heavy atom. The van der Waals surface area contributed by atoms with Crippen LogP contribution in [0, 0.1) is 5.82 Å². The van der Waals surface area contributed by atoms with Gasteiger partial charge in [0.05, 0.1) is 6.20 Å². The van der Waals surface area contributed by atoms with Crippen LogP contribution in [0.25, 0.3) is 0 Å². The number of halogens is 1. The Morgan fingerprint density at radius 2 is 2.20 bits per heavy atom. The van der Waals surface area contributed by atoms with Gasteiger partial charge < -0.3 is 4.98 Å². The summed E-state index contributed by atoms with van der Waals surface area (Å²) in [5, 5.41) is 0.0117. The molecular formula is C13H16FN3O2S. The molecule has 0 spiro atoms. The molecule has 0 radical (unpaired) electrons. The number of nitrogens with one attached hydrogen (secondary N) is 2. The second-order valence-electron chi connectivity index (χ2n) is 4.45. The van der Waals surface area contributed by atoms with E-state index >= 15 is 0 Å². The third kappa shape index (κ3) is 3.23. The van der Waals surface area contributed by atoms with Gasteiger partial charge in [0.25, 0.3) is 10.0 Å². The van der Waals surface area contributed by atoms with Gasteiger partial charge in [0.2, 0.25) is 0 Å². The average molecular weight is 297 g/mol. The van der Waals surface area contributed by atoms with Crippen molar-refractivity contribution in [3.8, 4) is 0 Å². The summed E-state index contributed by atoms with van der Waals surface area (Å²) in [5.41, 5.74) is 0.559. The highest BCUT2D eigenvalue weighted by Gasteiger charge is 2.20. The third-order valence-electron chi connectivity index (χ3n) is 2.91. The van der Waals surface area contributed by atoms with Crippen molar-refractivity contribution in [2.75, 3.05) is 0 Å². The molecule has 0 aliphatic heterocycles. The molecule has 7 heteroatoms. The van der Waals surface area contributed by atoms with Crippen molar-refractivity contribution >= 4 is 10.0 Å². The van der Waals surface area contributed by atoms with Crippen molar-refractivity contribution in [2.45, 2.75) is 31.3 Å². The Balaban J connectivity index is 2.19. The second-order valence-corrected chi connectivity index (χ2v) is 6.13. The van der Waals surface area contributed by atoms with E-state index in [1.54, 1.807) is 19.1 Å². The summed E-state index contributed by atoms with van der Waals surface area (Å²) in [4.78, 5) is 6.70. The van der Waals surface area contributed by atoms with E-state index in [4.69, 9.17) is 0 Å². The molecule has 20 heavy (non-hydrogen) atoms. The van der Waals surface area contributed by atoms with Gasteiger partial charge in [-0.2, -0.15) is 0 Å². The smallest absolute Gasteiger partial charge is 0.258 e. The van der Waals surface area contributed by atoms with E-state index in [9.17, 15) is 12.8 Å². The molecule has 1 atom stereocenters. The van der Waals surface area contributed by atoms with Crippen LogP contribution in [0.3, 0.4) is 0 Å². The number of imidazole rings is 1. The van der Waals surface area contributed by atoms with E-state index in [-0.39, 0.29) is 5.03 Å². The maximum atomic E-state index is 13.1. The summed E-state index contributed by atoms with van der Waals surface area (Å²) >= 11 is 0. The number of nitrogens with zero attached hydrogens (tertiary/aromatic N) is 1. The molecule has 2 rings (SSSR count). The first-order chi connectivity index (χ1) is 9.42. The number of sulfonamides is 1. The van der Waals surface area contributed by atoms with Crippen LogP contribution in [0.2, 0.25) is 0 Å². The molecular weight excluding hydrogens is 281 g/mol. The van der Waals surface area contributed by atoms with E-state index < -0.39 is 21.9 Å². The summed E-state index contributed by atoms with van der Waals surface area (Å²) in [5.74, 6) is 0.201. The molecule has 1 heterocycles. The molecule has 1 aromatic carbocycles. The van der Waals surface area contributed by atoms with Crippen LogP contribution in [0.5, 0.6) is 0 Å². The van der Waals surface area contributed by atoms with Crippen LogP contribution >= 0.6 is 0 Å². The predicted molar refractivity (Wildman–Crippen MR) is 73.1 cm³/mol. The second kappa shape index (κ2) is 5.72. The highest BCUT2D eigenvalue weighted by atomic mass is 32.2. The first kappa shape index (κ1) is 14.7. The Kier molecular flexibility index (Phi) is 4.20. The summed E-state index contributed by atoms with van der Waals surface area (Å²) < 4.78 is 39.9. The average Bonchev–Trinajstić information content (AvgIpc) is 2.87. The number of benzene rings is 1. The summed E-state index contributed by atoms with van der Waals surface area (Å²) in [6, 6.07) is 5.29. The van der Waals surface area contributed by atoms with Gasteiger partial charge in [0, 0.05) is 12.5 Å². The number of aromatic amines is 1. The number of aryl methyl sites for hydroxylation is 1. The highest BCUT2D eigenvalue weighted by Crippen LogP contribution is 2.17. The largest absolute Gasteiger partial charge is 0.332 e. The van der Waals surface area contributed by atoms with Crippen molar-refractivity contribution in [3.05, 3.63) is 47.7 Å². The van der Waals surface area contributed by atoms with Gasteiger partial charge in [-0.05, 0) is 24.6 Å². The number of hydrogen-bond acceptors (Lipinski definition) is 3. The zero-order chi connectivity index (χ0) is 14.8. The molecule has 0 bridgehead atoms. The first-order valence-electron chi connectivity index (χ1n) is 6.24. The molecule has 1 unspecified atom stereocenters. The van der Waals surface area contributed by atoms with Crippen molar-refractivity contribution in [1.29, 1.82) is 0 Å². The number of H-pyrrole nitrogens is 1. The molecule has 1 aromatic heterocycles. The minimum Gasteiger partial charge on any atom is -0.332 e. The van der Waals surface area contributed by atoms with Gasteiger partial charge in [0.1, 0.15) is 11.6 Å². The lowest BCUT2D eigenvalue weighted by atomic mass is 10.1. The lowest BCUT2D eigenvalue weighted by Crippen LogP contribution is -2.27. The zero-order valence-corrected chi connectivity index (χ0v) is 12.0. The first-order valence-corrected chi connectivity index (χ1v) is 7.72. The van der Waals surface area contributed by atoms with Gasteiger partial charge in [-0.3, -0.25) is 0 Å². The topological polar surface area (TPSA) is 74.8 Å². The number of rotatable bonds is 5. The van der Waals surface area contributed by atoms with Crippen molar-refractivity contribution in [2.24, 2.45) is 0 Å². The van der Waals surface area contributed by atoms with Crippen molar-refractivity contribution < 1.29 is 12.8 Å². The number of hydrogen-bond donors (Lipinski definition) is 2. The molecule has 0 aliphatic rings. The molecule has 2 aromatic rings. The highest BCUT2D eigenvalue weighted by molar-refractivity contribution is 7.89. The Morgan fingerprint density at radius 1 is 1.45 bits per heavy atom. The molecule has 0 saturated heterocycles. The van der Waals surface area contributed by atoms with Crippen LogP contribution in [0.4, 0.5) is 4.39 Å². The van der Waals surface area contributed by atoms with Crippen LogP contribution in [-0.4, -0.2) is 18.4 Å². The molecule has 5 nitrogen and oxygen atoms in total. The van der Waals surface area contributed by atoms with Crippen LogP contribution in [0.15, 0.2) is 35.5 Å². The maximum absolute atomic E-state index is 13.1. The predicted octanol–water partition coefficient (Wildman–Crippen LogP) is 2.15. The minimum atomic E-state index is -3.70. The molecule has 0 amide bonds. The van der Waals surface area contributed by atoms with E-state index in [1.807, 2.05) is 6.92 Å². The van der Waals surface area contributed by atoms with E-state index in [0.717, 1.165) is 0 Å². The Labute approximate surface area is 117 Å². The monoisotopic (exact) mass is 297 g/mol. The SMILES string of the molecule is CCc1ncc(S(=O)(=O)NC(C)c2cccc(F)c2)[nH]1. The fraction of sp³-hybridized carbons (Fsp3) is 0.308. The minimum absolute atomic E-state index is 0.0117.